The molecular weight excluding hydrogens is 200 g/mol. The molecule has 0 aromatic rings. The lowest BCUT2D eigenvalue weighted by molar-refractivity contribution is -0.135. The fourth-order valence-electron chi connectivity index (χ4n) is 0.321. The first-order chi connectivity index (χ1) is 7.10. The first kappa shape index (κ1) is 19.6. The molecule has 0 aromatic carbocycles. The van der Waals surface area contributed by atoms with Gasteiger partial charge in [-0.3, -0.25) is 4.79 Å². The van der Waals surface area contributed by atoms with Crippen LogP contribution in [-0.4, -0.2) is 42.6 Å². The van der Waals surface area contributed by atoms with Gasteiger partial charge in [-0.15, -0.1) is 0 Å². The molecule has 2 N–H and O–H groups in total. The molecule has 0 atom stereocenters. The second-order valence-corrected chi connectivity index (χ2v) is 2.00. The summed E-state index contributed by atoms with van der Waals surface area (Å²) in [6, 6.07) is 0. The number of carbonyl (C=O) groups excluding carboxylic acids is 1. The van der Waals surface area contributed by atoms with Gasteiger partial charge in [0.25, 0.3) is 0 Å². The summed E-state index contributed by atoms with van der Waals surface area (Å²) in [6.45, 7) is 9.90. The van der Waals surface area contributed by atoms with E-state index in [-0.39, 0.29) is 19.2 Å². The van der Waals surface area contributed by atoms with E-state index in [1.165, 1.54) is 6.92 Å². The summed E-state index contributed by atoms with van der Waals surface area (Å²) >= 11 is 0. The van der Waals surface area contributed by atoms with Gasteiger partial charge < -0.3 is 19.7 Å². The van der Waals surface area contributed by atoms with E-state index in [1.807, 2.05) is 13.8 Å². The zero-order valence-electron chi connectivity index (χ0n) is 9.73. The smallest absolute Gasteiger partial charge is 0.307 e. The highest BCUT2D eigenvalue weighted by Crippen LogP contribution is 1.70. The zero-order chi connectivity index (χ0) is 12.5. The number of aliphatic hydroxyl groups excluding tert-OH is 2. The number of hydrogen-bond donors (Lipinski definition) is 2. The van der Waals surface area contributed by atoms with Crippen molar-refractivity contribution in [2.45, 2.75) is 20.8 Å². The molecule has 5 heteroatoms. The third kappa shape index (κ3) is 62.1. The number of hydrogen-bond acceptors (Lipinski definition) is 5. The SMILES string of the molecule is C=COC(C)=O.CCOCC.OCCO. The van der Waals surface area contributed by atoms with Crippen LogP contribution in [0.15, 0.2) is 12.8 Å². The van der Waals surface area contributed by atoms with Crippen molar-refractivity contribution in [1.29, 1.82) is 0 Å². The summed E-state index contributed by atoms with van der Waals surface area (Å²) in [7, 11) is 0. The zero-order valence-corrected chi connectivity index (χ0v) is 9.73. The molecule has 0 aliphatic heterocycles. The van der Waals surface area contributed by atoms with Gasteiger partial charge in [-0.05, 0) is 13.8 Å². The number of aliphatic hydroxyl groups is 2. The van der Waals surface area contributed by atoms with E-state index in [0.29, 0.717) is 0 Å². The van der Waals surface area contributed by atoms with Crippen LogP contribution in [0.25, 0.3) is 0 Å². The van der Waals surface area contributed by atoms with E-state index in [0.717, 1.165) is 19.5 Å². The van der Waals surface area contributed by atoms with Gasteiger partial charge in [-0.1, -0.05) is 6.58 Å². The van der Waals surface area contributed by atoms with Gasteiger partial charge in [-0.25, -0.2) is 0 Å². The fraction of sp³-hybridized carbons (Fsp3) is 0.700. The Labute approximate surface area is 91.3 Å². The molecule has 0 aromatic heterocycles. The molecule has 92 valence electrons. The van der Waals surface area contributed by atoms with E-state index in [4.69, 9.17) is 14.9 Å². The van der Waals surface area contributed by atoms with Crippen molar-refractivity contribution >= 4 is 5.97 Å². The van der Waals surface area contributed by atoms with Gasteiger partial charge in [0.15, 0.2) is 0 Å². The number of rotatable bonds is 4. The lowest BCUT2D eigenvalue weighted by Crippen LogP contribution is -1.87. The number of carbonyl (C=O) groups is 1. The highest BCUT2D eigenvalue weighted by atomic mass is 16.5. The molecule has 0 saturated heterocycles. The van der Waals surface area contributed by atoms with E-state index in [1.54, 1.807) is 0 Å². The molecular formula is C10H22O5. The Morgan fingerprint density at radius 2 is 1.67 bits per heavy atom. The summed E-state index contributed by atoms with van der Waals surface area (Å²) in [5, 5.41) is 15.2. The number of ether oxygens (including phenoxy) is 2. The average Bonchev–Trinajstić information content (AvgIpc) is 2.20. The summed E-state index contributed by atoms with van der Waals surface area (Å²) in [5.74, 6) is -0.329. The Hall–Kier alpha value is -0.910. The first-order valence-electron chi connectivity index (χ1n) is 4.68. The van der Waals surface area contributed by atoms with Crippen molar-refractivity contribution in [2.75, 3.05) is 26.4 Å². The van der Waals surface area contributed by atoms with Crippen molar-refractivity contribution in [2.24, 2.45) is 0 Å². The van der Waals surface area contributed by atoms with Crippen molar-refractivity contribution in [1.82, 2.24) is 0 Å². The van der Waals surface area contributed by atoms with Crippen molar-refractivity contribution in [3.8, 4) is 0 Å². The minimum Gasteiger partial charge on any atom is -0.435 e. The lowest BCUT2D eigenvalue weighted by Gasteiger charge is -1.86. The van der Waals surface area contributed by atoms with Gasteiger partial charge in [-0.2, -0.15) is 0 Å². The largest absolute Gasteiger partial charge is 0.435 e. The summed E-state index contributed by atoms with van der Waals surface area (Å²) in [4.78, 5) is 9.75. The molecule has 15 heavy (non-hydrogen) atoms. The molecule has 0 spiro atoms. The van der Waals surface area contributed by atoms with Crippen LogP contribution in [0.1, 0.15) is 20.8 Å². The second-order valence-electron chi connectivity index (χ2n) is 2.00. The molecule has 0 amide bonds. The molecule has 0 aliphatic carbocycles. The van der Waals surface area contributed by atoms with E-state index < -0.39 is 0 Å². The Bertz CT molecular complexity index is 121. The molecule has 0 heterocycles. The maximum absolute atomic E-state index is 9.75. The molecule has 0 unspecified atom stereocenters. The third-order valence-electron chi connectivity index (χ3n) is 0.758. The van der Waals surface area contributed by atoms with Crippen LogP contribution >= 0.6 is 0 Å². The lowest BCUT2D eigenvalue weighted by atomic mass is 10.8. The predicted octanol–water partition coefficient (Wildman–Crippen LogP) is 0.707. The highest BCUT2D eigenvalue weighted by molar-refractivity contribution is 5.66. The summed E-state index contributed by atoms with van der Waals surface area (Å²) in [5.41, 5.74) is 0. The number of esters is 1. The molecule has 0 bridgehead atoms. The highest BCUT2D eigenvalue weighted by Gasteiger charge is 1.79. The maximum atomic E-state index is 9.75. The predicted molar refractivity (Wildman–Crippen MR) is 58.3 cm³/mol. The van der Waals surface area contributed by atoms with E-state index in [2.05, 4.69) is 11.3 Å². The monoisotopic (exact) mass is 222 g/mol. The van der Waals surface area contributed by atoms with Crippen LogP contribution in [0.5, 0.6) is 0 Å². The Kier molecular flexibility index (Phi) is 30.3. The van der Waals surface area contributed by atoms with Crippen molar-refractivity contribution in [3.05, 3.63) is 12.8 Å². The standard InChI is InChI=1S/C4H6O2.C4H10O.C2H6O2/c1-3-6-4(2)5;1-3-5-4-2;3-1-2-4/h3H,1H2,2H3;3-4H2,1-2H3;3-4H,1-2H2. The maximum Gasteiger partial charge on any atom is 0.307 e. The van der Waals surface area contributed by atoms with Crippen molar-refractivity contribution < 1.29 is 24.5 Å². The fourth-order valence-corrected chi connectivity index (χ4v) is 0.321. The quantitative estimate of drug-likeness (QED) is 0.541. The minimum absolute atomic E-state index is 0.125. The van der Waals surface area contributed by atoms with Gasteiger partial charge in [0, 0.05) is 20.1 Å². The normalized spacial score (nSPS) is 7.53. The second kappa shape index (κ2) is 23.2. The average molecular weight is 222 g/mol. The van der Waals surface area contributed by atoms with Crippen LogP contribution in [0.4, 0.5) is 0 Å². The molecule has 0 radical (unpaired) electrons. The first-order valence-corrected chi connectivity index (χ1v) is 4.68. The third-order valence-corrected chi connectivity index (χ3v) is 0.758. The molecule has 5 nitrogen and oxygen atoms in total. The van der Waals surface area contributed by atoms with Crippen LogP contribution in [-0.2, 0) is 14.3 Å². The van der Waals surface area contributed by atoms with E-state index >= 15 is 0 Å². The van der Waals surface area contributed by atoms with Gasteiger partial charge >= 0.3 is 5.97 Å². The molecule has 0 aliphatic rings. The summed E-state index contributed by atoms with van der Waals surface area (Å²) < 4.78 is 9.00. The van der Waals surface area contributed by atoms with Crippen LogP contribution in [0.3, 0.4) is 0 Å². The van der Waals surface area contributed by atoms with Gasteiger partial charge in [0.2, 0.25) is 0 Å². The molecule has 0 rings (SSSR count). The Morgan fingerprint density at radius 1 is 1.27 bits per heavy atom. The van der Waals surface area contributed by atoms with Crippen LogP contribution < -0.4 is 0 Å². The van der Waals surface area contributed by atoms with E-state index in [9.17, 15) is 4.79 Å². The Balaban J connectivity index is -0.000000147. The van der Waals surface area contributed by atoms with Gasteiger partial charge in [0.05, 0.1) is 19.5 Å². The van der Waals surface area contributed by atoms with Gasteiger partial charge in [0.1, 0.15) is 0 Å². The molecule has 0 fully saturated rings. The van der Waals surface area contributed by atoms with Crippen LogP contribution in [0.2, 0.25) is 0 Å². The Morgan fingerprint density at radius 3 is 1.67 bits per heavy atom. The molecule has 0 saturated carbocycles. The topological polar surface area (TPSA) is 76.0 Å². The minimum atomic E-state index is -0.329. The van der Waals surface area contributed by atoms with Crippen molar-refractivity contribution in [3.63, 3.8) is 0 Å². The summed E-state index contributed by atoms with van der Waals surface area (Å²) in [6.07, 6.45) is 1.10. The van der Waals surface area contributed by atoms with Crippen LogP contribution in [0, 0.1) is 0 Å².